The van der Waals surface area contributed by atoms with E-state index in [9.17, 15) is 4.79 Å². The number of aryl methyl sites for hydroxylation is 1. The summed E-state index contributed by atoms with van der Waals surface area (Å²) in [5.74, 6) is 1.10. The maximum Gasteiger partial charge on any atom is 0.254 e. The second-order valence-corrected chi connectivity index (χ2v) is 9.01. The highest BCUT2D eigenvalue weighted by Crippen LogP contribution is 2.34. The number of piperazine rings is 1. The number of carbonyl (C=O) groups is 1. The molecule has 0 radical (unpaired) electrons. The van der Waals surface area contributed by atoms with Crippen molar-refractivity contribution in [1.82, 2.24) is 15.1 Å². The topological polar surface area (TPSA) is 44.8 Å². The lowest BCUT2D eigenvalue weighted by atomic mass is 9.93. The summed E-state index contributed by atoms with van der Waals surface area (Å²) in [6.45, 7) is 9.72. The van der Waals surface area contributed by atoms with Crippen molar-refractivity contribution >= 4 is 5.91 Å². The molecule has 0 aromatic heterocycles. The van der Waals surface area contributed by atoms with Crippen LogP contribution >= 0.6 is 0 Å². The lowest BCUT2D eigenvalue weighted by Gasteiger charge is -2.36. The average molecular weight is 408 g/mol. The Morgan fingerprint density at radius 1 is 1.10 bits per heavy atom. The van der Waals surface area contributed by atoms with Gasteiger partial charge >= 0.3 is 0 Å². The Kier molecular flexibility index (Phi) is 6.11. The zero-order chi connectivity index (χ0) is 21.1. The van der Waals surface area contributed by atoms with Gasteiger partial charge in [-0.25, -0.2) is 0 Å². The van der Waals surface area contributed by atoms with Crippen LogP contribution in [0.3, 0.4) is 0 Å². The van der Waals surface area contributed by atoms with Crippen LogP contribution in [0.25, 0.3) is 0 Å². The molecular weight excluding hydrogens is 374 g/mol. The Hall–Kier alpha value is -2.37. The Morgan fingerprint density at radius 2 is 1.87 bits per heavy atom. The van der Waals surface area contributed by atoms with Crippen molar-refractivity contribution < 1.29 is 9.53 Å². The molecule has 0 unspecified atom stereocenters. The minimum Gasteiger partial charge on any atom is -0.497 e. The molecule has 30 heavy (non-hydrogen) atoms. The fraction of sp³-hybridized carbons (Fsp3) is 0.480. The fourth-order valence-corrected chi connectivity index (χ4v) is 4.52. The standard InChI is InChI=1S/C25H33N3O2/c1-25(2,11-10-19-6-4-8-21(16-19)30-3)28-17-20-7-5-9-22(23(20)18-28)24(29)27-14-12-26-13-15-27/h4-9,16,26H,10-15,17-18H2,1-3H3. The minimum absolute atomic E-state index is 0.0391. The smallest absolute Gasteiger partial charge is 0.254 e. The molecule has 0 atom stereocenters. The number of carbonyl (C=O) groups excluding carboxylic acids is 1. The number of nitrogens with one attached hydrogen (secondary N) is 1. The molecule has 5 heteroatoms. The first kappa shape index (κ1) is 20.9. The Balaban J connectivity index is 1.46. The van der Waals surface area contributed by atoms with Gasteiger partial charge in [0.15, 0.2) is 0 Å². The summed E-state index contributed by atoms with van der Waals surface area (Å²) < 4.78 is 5.36. The Labute approximate surface area is 180 Å². The third kappa shape index (κ3) is 4.37. The average Bonchev–Trinajstić information content (AvgIpc) is 3.23. The van der Waals surface area contributed by atoms with Gasteiger partial charge in [0.05, 0.1) is 7.11 Å². The van der Waals surface area contributed by atoms with Crippen LogP contribution in [0, 0.1) is 0 Å². The van der Waals surface area contributed by atoms with E-state index in [0.29, 0.717) is 0 Å². The van der Waals surface area contributed by atoms with Crippen LogP contribution < -0.4 is 10.1 Å². The van der Waals surface area contributed by atoms with Crippen molar-refractivity contribution in [3.8, 4) is 5.75 Å². The van der Waals surface area contributed by atoms with Gasteiger partial charge in [-0.05, 0) is 61.6 Å². The predicted octanol–water partition coefficient (Wildman–Crippen LogP) is 3.47. The van der Waals surface area contributed by atoms with Crippen LogP contribution in [-0.4, -0.2) is 54.5 Å². The molecular formula is C25H33N3O2. The largest absolute Gasteiger partial charge is 0.497 e. The summed E-state index contributed by atoms with van der Waals surface area (Å²) in [7, 11) is 1.71. The van der Waals surface area contributed by atoms with Gasteiger partial charge in [-0.15, -0.1) is 0 Å². The van der Waals surface area contributed by atoms with Gasteiger partial charge in [0, 0.05) is 50.4 Å². The molecule has 1 saturated heterocycles. The van der Waals surface area contributed by atoms with Crippen molar-refractivity contribution in [2.24, 2.45) is 0 Å². The second kappa shape index (κ2) is 8.78. The number of benzene rings is 2. The van der Waals surface area contributed by atoms with Crippen molar-refractivity contribution in [2.75, 3.05) is 33.3 Å². The highest BCUT2D eigenvalue weighted by atomic mass is 16.5. The third-order valence-corrected chi connectivity index (χ3v) is 6.63. The molecule has 5 nitrogen and oxygen atoms in total. The zero-order valence-corrected chi connectivity index (χ0v) is 18.4. The van der Waals surface area contributed by atoms with Gasteiger partial charge in [0.2, 0.25) is 0 Å². The summed E-state index contributed by atoms with van der Waals surface area (Å²) >= 11 is 0. The quantitative estimate of drug-likeness (QED) is 0.797. The van der Waals surface area contributed by atoms with Crippen LogP contribution in [-0.2, 0) is 19.5 Å². The van der Waals surface area contributed by atoms with E-state index in [1.807, 2.05) is 23.1 Å². The van der Waals surface area contributed by atoms with Gasteiger partial charge in [-0.1, -0.05) is 24.3 Å². The van der Waals surface area contributed by atoms with Crippen LogP contribution in [0.1, 0.15) is 47.3 Å². The second-order valence-electron chi connectivity index (χ2n) is 9.01. The molecule has 1 N–H and O–H groups in total. The van der Waals surface area contributed by atoms with Gasteiger partial charge in [-0.3, -0.25) is 9.69 Å². The van der Waals surface area contributed by atoms with Crippen LogP contribution in [0.4, 0.5) is 0 Å². The number of amides is 1. The first-order valence-corrected chi connectivity index (χ1v) is 11.0. The Morgan fingerprint density at radius 3 is 2.63 bits per heavy atom. The summed E-state index contributed by atoms with van der Waals surface area (Å²) in [5, 5.41) is 3.33. The highest BCUT2D eigenvalue weighted by molar-refractivity contribution is 5.96. The molecule has 1 amide bonds. The maximum atomic E-state index is 13.2. The molecule has 0 aliphatic carbocycles. The normalized spacial score (nSPS) is 17.1. The van der Waals surface area contributed by atoms with Crippen molar-refractivity contribution in [3.05, 3.63) is 64.7 Å². The number of nitrogens with zero attached hydrogens (tertiary/aromatic N) is 2. The highest BCUT2D eigenvalue weighted by Gasteiger charge is 2.34. The molecule has 2 aliphatic rings. The van der Waals surface area contributed by atoms with Crippen LogP contribution in [0.15, 0.2) is 42.5 Å². The molecule has 0 saturated carbocycles. The first-order chi connectivity index (χ1) is 14.5. The van der Waals surface area contributed by atoms with Gasteiger partial charge in [0.1, 0.15) is 5.75 Å². The SMILES string of the molecule is COc1cccc(CCC(C)(C)N2Cc3cccc(C(=O)N4CCNCC4)c3C2)c1. The molecule has 2 aromatic rings. The van der Waals surface area contributed by atoms with Gasteiger partial charge in [0.25, 0.3) is 5.91 Å². The first-order valence-electron chi connectivity index (χ1n) is 11.0. The van der Waals surface area contributed by atoms with E-state index in [0.717, 1.165) is 63.4 Å². The van der Waals surface area contributed by atoms with E-state index in [1.165, 1.54) is 16.7 Å². The molecule has 2 heterocycles. The number of ether oxygens (including phenoxy) is 1. The molecule has 2 aliphatic heterocycles. The van der Waals surface area contributed by atoms with E-state index in [2.05, 4.69) is 48.3 Å². The lowest BCUT2D eigenvalue weighted by Crippen LogP contribution is -2.46. The monoisotopic (exact) mass is 407 g/mol. The summed E-state index contributed by atoms with van der Waals surface area (Å²) in [4.78, 5) is 17.7. The van der Waals surface area contributed by atoms with Crippen molar-refractivity contribution in [2.45, 2.75) is 45.3 Å². The van der Waals surface area contributed by atoms with E-state index < -0.39 is 0 Å². The summed E-state index contributed by atoms with van der Waals surface area (Å²) in [5.41, 5.74) is 4.74. The van der Waals surface area contributed by atoms with E-state index in [4.69, 9.17) is 4.74 Å². The van der Waals surface area contributed by atoms with Gasteiger partial charge in [-0.2, -0.15) is 0 Å². The number of rotatable bonds is 6. The van der Waals surface area contributed by atoms with Gasteiger partial charge < -0.3 is 15.0 Å². The van der Waals surface area contributed by atoms with Crippen molar-refractivity contribution in [1.29, 1.82) is 0 Å². The summed E-state index contributed by atoms with van der Waals surface area (Å²) in [6, 6.07) is 14.6. The van der Waals surface area contributed by atoms with E-state index in [1.54, 1.807) is 7.11 Å². The number of hydrogen-bond donors (Lipinski definition) is 1. The molecule has 1 fully saturated rings. The number of hydrogen-bond acceptors (Lipinski definition) is 4. The van der Waals surface area contributed by atoms with Crippen molar-refractivity contribution in [3.63, 3.8) is 0 Å². The molecule has 160 valence electrons. The van der Waals surface area contributed by atoms with E-state index in [-0.39, 0.29) is 11.4 Å². The Bertz CT molecular complexity index is 903. The number of methoxy groups -OCH3 is 1. The molecule has 0 spiro atoms. The molecule has 4 rings (SSSR count). The minimum atomic E-state index is 0.0391. The zero-order valence-electron chi connectivity index (χ0n) is 18.4. The lowest BCUT2D eigenvalue weighted by molar-refractivity contribution is 0.0731. The molecule has 2 aromatic carbocycles. The summed E-state index contributed by atoms with van der Waals surface area (Å²) in [6.07, 6.45) is 2.05. The number of fused-ring (bicyclic) bond motifs is 1. The third-order valence-electron chi connectivity index (χ3n) is 6.63. The molecule has 0 bridgehead atoms. The van der Waals surface area contributed by atoms with Crippen LogP contribution in [0.2, 0.25) is 0 Å². The fourth-order valence-electron chi connectivity index (χ4n) is 4.52. The van der Waals surface area contributed by atoms with E-state index >= 15 is 0 Å². The van der Waals surface area contributed by atoms with Crippen LogP contribution in [0.5, 0.6) is 5.75 Å². The predicted molar refractivity (Wildman–Crippen MR) is 120 cm³/mol. The maximum absolute atomic E-state index is 13.2.